The van der Waals surface area contributed by atoms with Gasteiger partial charge in [0.15, 0.2) is 0 Å². The van der Waals surface area contributed by atoms with E-state index in [1.165, 1.54) is 6.07 Å². The minimum atomic E-state index is -0.355. The van der Waals surface area contributed by atoms with Gasteiger partial charge in [-0.25, -0.2) is 9.37 Å². The number of aromatic nitrogens is 3. The van der Waals surface area contributed by atoms with Gasteiger partial charge >= 0.3 is 0 Å². The number of methoxy groups -OCH3 is 1. The molecule has 1 amide bonds. The van der Waals surface area contributed by atoms with Gasteiger partial charge < -0.3 is 14.2 Å². The van der Waals surface area contributed by atoms with Crippen molar-refractivity contribution < 1.29 is 13.9 Å². The number of halogens is 1. The summed E-state index contributed by atoms with van der Waals surface area (Å²) in [5, 5.41) is 0. The Bertz CT molecular complexity index is 1030. The Kier molecular flexibility index (Phi) is 5.29. The number of aryl methyl sites for hydroxylation is 1. The predicted molar refractivity (Wildman–Crippen MR) is 107 cm³/mol. The number of benzene rings is 1. The lowest BCUT2D eigenvalue weighted by molar-refractivity contribution is 0.0551. The average molecular weight is 394 g/mol. The molecule has 1 aliphatic carbocycles. The smallest absolute Gasteiger partial charge is 0.274 e. The Morgan fingerprint density at radius 1 is 1.31 bits per heavy atom. The molecular formula is C22H23FN4O2. The molecule has 4 rings (SSSR count). The highest BCUT2D eigenvalue weighted by Gasteiger charge is 2.30. The van der Waals surface area contributed by atoms with Crippen molar-refractivity contribution in [3.05, 3.63) is 66.3 Å². The van der Waals surface area contributed by atoms with Crippen molar-refractivity contribution in [2.24, 2.45) is 7.05 Å². The standard InChI is InChI=1S/C22H23FN4O2/c1-26-13-20(25-14-26)22(28)27(16-4-3-5-16)12-15-6-7-19(23)17(10-15)18-11-24-9-8-21(18)29-2/h6-11,13-14,16H,3-5,12H2,1-2H3. The molecule has 0 unspecified atom stereocenters. The molecule has 0 spiro atoms. The highest BCUT2D eigenvalue weighted by Crippen LogP contribution is 2.33. The maximum atomic E-state index is 14.6. The SMILES string of the molecule is COc1ccncc1-c1cc(CN(C(=O)c2cn(C)cn2)C2CCC2)ccc1F. The van der Waals surface area contributed by atoms with Crippen LogP contribution in [-0.2, 0) is 13.6 Å². The van der Waals surface area contributed by atoms with E-state index in [-0.39, 0.29) is 17.8 Å². The van der Waals surface area contributed by atoms with Crippen LogP contribution >= 0.6 is 0 Å². The summed E-state index contributed by atoms with van der Waals surface area (Å²) in [6.45, 7) is 0.399. The quantitative estimate of drug-likeness (QED) is 0.638. The van der Waals surface area contributed by atoms with Gasteiger partial charge in [0.05, 0.1) is 13.4 Å². The second-order valence-electron chi connectivity index (χ2n) is 7.33. The highest BCUT2D eigenvalue weighted by molar-refractivity contribution is 5.92. The molecule has 2 heterocycles. The van der Waals surface area contributed by atoms with Gasteiger partial charge in [-0.2, -0.15) is 0 Å². The Morgan fingerprint density at radius 2 is 2.14 bits per heavy atom. The van der Waals surface area contributed by atoms with Gasteiger partial charge in [0.25, 0.3) is 5.91 Å². The number of rotatable bonds is 6. The van der Waals surface area contributed by atoms with Crippen molar-refractivity contribution in [3.8, 4) is 16.9 Å². The van der Waals surface area contributed by atoms with Crippen LogP contribution in [0.1, 0.15) is 35.3 Å². The summed E-state index contributed by atoms with van der Waals surface area (Å²) < 4.78 is 21.7. The highest BCUT2D eigenvalue weighted by atomic mass is 19.1. The first kappa shape index (κ1) is 19.1. The average Bonchev–Trinajstić information content (AvgIpc) is 3.13. The van der Waals surface area contributed by atoms with E-state index in [0.717, 1.165) is 24.8 Å². The van der Waals surface area contributed by atoms with Crippen LogP contribution in [0, 0.1) is 5.82 Å². The number of imidazole rings is 1. The van der Waals surface area contributed by atoms with Crippen LogP contribution in [0.25, 0.3) is 11.1 Å². The summed E-state index contributed by atoms with van der Waals surface area (Å²) in [4.78, 5) is 23.2. The van der Waals surface area contributed by atoms with E-state index >= 15 is 0 Å². The number of carbonyl (C=O) groups excluding carboxylic acids is 1. The van der Waals surface area contributed by atoms with E-state index in [2.05, 4.69) is 9.97 Å². The Morgan fingerprint density at radius 3 is 2.79 bits per heavy atom. The predicted octanol–water partition coefficient (Wildman–Crippen LogP) is 3.82. The number of hydrogen-bond acceptors (Lipinski definition) is 4. The minimum absolute atomic E-state index is 0.0971. The summed E-state index contributed by atoms with van der Waals surface area (Å²) in [6, 6.07) is 6.81. The third-order valence-corrected chi connectivity index (χ3v) is 5.38. The maximum absolute atomic E-state index is 14.6. The minimum Gasteiger partial charge on any atom is -0.496 e. The van der Waals surface area contributed by atoms with Crippen LogP contribution in [0.15, 0.2) is 49.2 Å². The molecule has 0 radical (unpaired) electrons. The summed E-state index contributed by atoms with van der Waals surface area (Å²) in [5.41, 5.74) is 2.27. The number of carbonyl (C=O) groups is 1. The van der Waals surface area contributed by atoms with Crippen molar-refractivity contribution in [1.82, 2.24) is 19.4 Å². The van der Waals surface area contributed by atoms with Crippen molar-refractivity contribution in [2.45, 2.75) is 31.8 Å². The molecule has 29 heavy (non-hydrogen) atoms. The summed E-state index contributed by atoms with van der Waals surface area (Å²) >= 11 is 0. The van der Waals surface area contributed by atoms with Gasteiger partial charge in [-0.15, -0.1) is 0 Å². The van der Waals surface area contributed by atoms with Gasteiger partial charge in [0, 0.05) is 49.4 Å². The van der Waals surface area contributed by atoms with Crippen LogP contribution in [0.5, 0.6) is 5.75 Å². The molecule has 0 N–H and O–H groups in total. The third-order valence-electron chi connectivity index (χ3n) is 5.38. The molecular weight excluding hydrogens is 371 g/mol. The van der Waals surface area contributed by atoms with E-state index < -0.39 is 0 Å². The van der Waals surface area contributed by atoms with Gasteiger partial charge in [0.1, 0.15) is 17.3 Å². The number of ether oxygens (including phenoxy) is 1. The van der Waals surface area contributed by atoms with Crippen molar-refractivity contribution in [3.63, 3.8) is 0 Å². The number of hydrogen-bond donors (Lipinski definition) is 0. The third kappa shape index (κ3) is 3.85. The molecule has 1 aromatic carbocycles. The molecule has 0 aliphatic heterocycles. The number of pyridine rings is 1. The normalized spacial score (nSPS) is 13.8. The zero-order valence-corrected chi connectivity index (χ0v) is 16.5. The van der Waals surface area contributed by atoms with Gasteiger partial charge in [-0.1, -0.05) is 6.07 Å². The first-order valence-electron chi connectivity index (χ1n) is 9.62. The fraction of sp³-hybridized carbons (Fsp3) is 0.318. The number of nitrogens with zero attached hydrogens (tertiary/aromatic N) is 4. The zero-order chi connectivity index (χ0) is 20.4. The van der Waals surface area contributed by atoms with E-state index in [1.54, 1.807) is 54.8 Å². The topological polar surface area (TPSA) is 60.2 Å². The molecule has 0 atom stereocenters. The van der Waals surface area contributed by atoms with E-state index in [4.69, 9.17) is 4.74 Å². The molecule has 1 saturated carbocycles. The van der Waals surface area contributed by atoms with Gasteiger partial charge in [-0.3, -0.25) is 9.78 Å². The molecule has 6 nitrogen and oxygen atoms in total. The molecule has 150 valence electrons. The molecule has 0 saturated heterocycles. The van der Waals surface area contributed by atoms with Crippen LogP contribution in [0.2, 0.25) is 0 Å². The van der Waals surface area contributed by atoms with E-state index in [1.807, 2.05) is 11.9 Å². The molecule has 7 heteroatoms. The lowest BCUT2D eigenvalue weighted by Crippen LogP contribution is -2.43. The zero-order valence-electron chi connectivity index (χ0n) is 16.5. The van der Waals surface area contributed by atoms with Crippen LogP contribution < -0.4 is 4.74 Å². The van der Waals surface area contributed by atoms with E-state index in [0.29, 0.717) is 29.1 Å². The van der Waals surface area contributed by atoms with Gasteiger partial charge in [0.2, 0.25) is 0 Å². The largest absolute Gasteiger partial charge is 0.496 e. The van der Waals surface area contributed by atoms with Gasteiger partial charge in [-0.05, 0) is 43.0 Å². The Balaban J connectivity index is 1.65. The van der Waals surface area contributed by atoms with E-state index in [9.17, 15) is 9.18 Å². The monoisotopic (exact) mass is 394 g/mol. The fourth-order valence-corrected chi connectivity index (χ4v) is 3.57. The molecule has 0 bridgehead atoms. The number of amides is 1. The molecule has 3 aromatic rings. The van der Waals surface area contributed by atoms with Crippen molar-refractivity contribution >= 4 is 5.91 Å². The summed E-state index contributed by atoms with van der Waals surface area (Å²) in [5.74, 6) is 0.0999. The lowest BCUT2D eigenvalue weighted by atomic mass is 9.90. The first-order chi connectivity index (χ1) is 14.1. The fourth-order valence-electron chi connectivity index (χ4n) is 3.57. The molecule has 1 fully saturated rings. The van der Waals surface area contributed by atoms with Crippen molar-refractivity contribution in [1.29, 1.82) is 0 Å². The van der Waals surface area contributed by atoms with Crippen LogP contribution in [0.3, 0.4) is 0 Å². The molecule has 1 aliphatic rings. The summed E-state index contributed by atoms with van der Waals surface area (Å²) in [7, 11) is 3.38. The Labute approximate surface area is 169 Å². The Hall–Kier alpha value is -3.22. The van der Waals surface area contributed by atoms with Crippen molar-refractivity contribution in [2.75, 3.05) is 7.11 Å². The lowest BCUT2D eigenvalue weighted by Gasteiger charge is -2.37. The maximum Gasteiger partial charge on any atom is 0.274 e. The second kappa shape index (κ2) is 8.03. The van der Waals surface area contributed by atoms with Crippen LogP contribution in [0.4, 0.5) is 4.39 Å². The molecule has 2 aromatic heterocycles. The summed E-state index contributed by atoms with van der Waals surface area (Å²) in [6.07, 6.45) is 9.60. The first-order valence-corrected chi connectivity index (χ1v) is 9.62. The van der Waals surface area contributed by atoms with Crippen LogP contribution in [-0.4, -0.2) is 38.5 Å². The second-order valence-corrected chi connectivity index (χ2v) is 7.33.